The fourth-order valence-corrected chi connectivity index (χ4v) is 0.683. The van der Waals surface area contributed by atoms with Crippen LogP contribution in [0.3, 0.4) is 0 Å². The van der Waals surface area contributed by atoms with Crippen molar-refractivity contribution in [1.29, 1.82) is 0 Å². The maximum atomic E-state index is 9.97. The lowest BCUT2D eigenvalue weighted by Gasteiger charge is -2.09. The highest BCUT2D eigenvalue weighted by Gasteiger charge is 2.05. The molecule has 58 valence electrons. The van der Waals surface area contributed by atoms with E-state index < -0.39 is 0 Å². The Morgan fingerprint density at radius 3 is 2.10 bits per heavy atom. The van der Waals surface area contributed by atoms with Crippen molar-refractivity contribution in [3.63, 3.8) is 0 Å². The van der Waals surface area contributed by atoms with Crippen LogP contribution in [0.2, 0.25) is 0 Å². The molecule has 10 heavy (non-hydrogen) atoms. The van der Waals surface area contributed by atoms with E-state index in [2.05, 4.69) is 0 Å². The van der Waals surface area contributed by atoms with Gasteiger partial charge in [0.2, 0.25) is 0 Å². The van der Waals surface area contributed by atoms with Crippen LogP contribution in [0.15, 0.2) is 0 Å². The first kappa shape index (κ1) is 9.30. The van der Waals surface area contributed by atoms with Crippen LogP contribution in [0.5, 0.6) is 0 Å². The molecule has 3 heteroatoms. The minimum absolute atomic E-state index is 0.208. The summed E-state index contributed by atoms with van der Waals surface area (Å²) in [7, 11) is 0. The monoisotopic (exact) mass is 144 g/mol. The molecule has 0 atom stereocenters. The van der Waals surface area contributed by atoms with Crippen molar-refractivity contribution in [1.82, 2.24) is 0 Å². The highest BCUT2D eigenvalue weighted by atomic mass is 16.5. The second kappa shape index (κ2) is 6.42. The van der Waals surface area contributed by atoms with Gasteiger partial charge in [-0.15, -0.1) is 0 Å². The van der Waals surface area contributed by atoms with E-state index in [1.54, 1.807) is 0 Å². The lowest BCUT2D eigenvalue weighted by atomic mass is 10.2. The van der Waals surface area contributed by atoms with Crippen LogP contribution < -0.4 is 0 Å². The van der Waals surface area contributed by atoms with Crippen molar-refractivity contribution < 1.29 is 14.3 Å². The molecule has 0 aromatic carbocycles. The fraction of sp³-hybridized carbons (Fsp3) is 0.714. The second-order valence-corrected chi connectivity index (χ2v) is 1.88. The third-order valence-electron chi connectivity index (χ3n) is 1.12. The van der Waals surface area contributed by atoms with E-state index >= 15 is 0 Å². The Balaban J connectivity index is 3.48. The predicted octanol–water partition coefficient (Wildman–Crippen LogP) is 0.570. The summed E-state index contributed by atoms with van der Waals surface area (Å²) in [5.74, 6) is 0. The van der Waals surface area contributed by atoms with E-state index in [1.165, 1.54) is 0 Å². The molecule has 0 rings (SSSR count). The maximum absolute atomic E-state index is 9.97. The van der Waals surface area contributed by atoms with Crippen molar-refractivity contribution in [2.45, 2.75) is 25.9 Å². The zero-order chi connectivity index (χ0) is 7.82. The SMILES string of the molecule is CCOC(CC=O)CC=O. The smallest absolute Gasteiger partial charge is 0.122 e. The van der Waals surface area contributed by atoms with Gasteiger partial charge >= 0.3 is 0 Å². The van der Waals surface area contributed by atoms with Gasteiger partial charge in [-0.1, -0.05) is 0 Å². The molecule has 0 amide bonds. The maximum Gasteiger partial charge on any atom is 0.122 e. The summed E-state index contributed by atoms with van der Waals surface area (Å²) < 4.78 is 5.06. The third kappa shape index (κ3) is 4.21. The Kier molecular flexibility index (Phi) is 5.97. The van der Waals surface area contributed by atoms with Crippen molar-refractivity contribution in [2.75, 3.05) is 6.61 Å². The summed E-state index contributed by atoms with van der Waals surface area (Å²) in [6.45, 7) is 2.38. The average molecular weight is 144 g/mol. The zero-order valence-electron chi connectivity index (χ0n) is 6.08. The van der Waals surface area contributed by atoms with E-state index in [9.17, 15) is 9.59 Å². The van der Waals surface area contributed by atoms with Gasteiger partial charge in [0.15, 0.2) is 0 Å². The van der Waals surface area contributed by atoms with E-state index in [4.69, 9.17) is 4.74 Å². The van der Waals surface area contributed by atoms with Gasteiger partial charge in [0.25, 0.3) is 0 Å². The molecule has 0 aromatic heterocycles. The quantitative estimate of drug-likeness (QED) is 0.512. The van der Waals surface area contributed by atoms with E-state index in [1.807, 2.05) is 6.92 Å². The largest absolute Gasteiger partial charge is 0.378 e. The number of aldehydes is 2. The van der Waals surface area contributed by atoms with E-state index in [0.717, 1.165) is 12.6 Å². The van der Waals surface area contributed by atoms with E-state index in [0.29, 0.717) is 19.4 Å². The molecule has 0 heterocycles. The van der Waals surface area contributed by atoms with Gasteiger partial charge in [-0.25, -0.2) is 0 Å². The van der Waals surface area contributed by atoms with Crippen molar-refractivity contribution in [2.24, 2.45) is 0 Å². The molecule has 0 aliphatic carbocycles. The molecule has 0 unspecified atom stereocenters. The summed E-state index contributed by atoms with van der Waals surface area (Å²) in [6, 6.07) is 0. The zero-order valence-corrected chi connectivity index (χ0v) is 6.08. The Hall–Kier alpha value is -0.700. The van der Waals surface area contributed by atoms with Crippen LogP contribution in [-0.4, -0.2) is 25.3 Å². The summed E-state index contributed by atoms with van der Waals surface area (Å²) >= 11 is 0. The Bertz CT molecular complexity index is 91.0. The Morgan fingerprint density at radius 2 is 1.80 bits per heavy atom. The summed E-state index contributed by atoms with van der Waals surface area (Å²) in [5.41, 5.74) is 0. The summed E-state index contributed by atoms with van der Waals surface area (Å²) in [4.78, 5) is 19.9. The summed E-state index contributed by atoms with van der Waals surface area (Å²) in [6.07, 6.45) is 1.95. The van der Waals surface area contributed by atoms with Crippen LogP contribution in [-0.2, 0) is 14.3 Å². The standard InChI is InChI=1S/C7H12O3/c1-2-10-7(3-5-8)4-6-9/h5-7H,2-4H2,1H3. The minimum Gasteiger partial charge on any atom is -0.378 e. The van der Waals surface area contributed by atoms with Gasteiger partial charge in [-0.2, -0.15) is 0 Å². The van der Waals surface area contributed by atoms with Gasteiger partial charge in [0.05, 0.1) is 6.10 Å². The number of hydrogen-bond acceptors (Lipinski definition) is 3. The molecular weight excluding hydrogens is 132 g/mol. The molecular formula is C7H12O3. The molecule has 0 N–H and O–H groups in total. The molecule has 0 aromatic rings. The Morgan fingerprint density at radius 1 is 1.30 bits per heavy atom. The van der Waals surface area contributed by atoms with Gasteiger partial charge < -0.3 is 14.3 Å². The van der Waals surface area contributed by atoms with Crippen LogP contribution in [0, 0.1) is 0 Å². The molecule has 0 aliphatic rings. The highest BCUT2D eigenvalue weighted by Crippen LogP contribution is 1.98. The van der Waals surface area contributed by atoms with Gasteiger partial charge in [0, 0.05) is 19.4 Å². The molecule has 0 radical (unpaired) electrons. The first-order valence-electron chi connectivity index (χ1n) is 3.34. The first-order chi connectivity index (χ1) is 4.85. The van der Waals surface area contributed by atoms with Gasteiger partial charge in [-0.05, 0) is 6.92 Å². The number of carbonyl (C=O) groups excluding carboxylic acids is 2. The molecule has 0 bridgehead atoms. The molecule has 3 nitrogen and oxygen atoms in total. The lowest BCUT2D eigenvalue weighted by molar-refractivity contribution is -0.113. The molecule has 0 saturated heterocycles. The minimum atomic E-state index is -0.208. The average Bonchev–Trinajstić information content (AvgIpc) is 1.90. The van der Waals surface area contributed by atoms with Crippen molar-refractivity contribution in [3.05, 3.63) is 0 Å². The molecule has 0 aliphatic heterocycles. The number of hydrogen-bond donors (Lipinski definition) is 0. The normalized spacial score (nSPS) is 9.80. The van der Waals surface area contributed by atoms with Crippen LogP contribution >= 0.6 is 0 Å². The lowest BCUT2D eigenvalue weighted by Crippen LogP contribution is -2.13. The van der Waals surface area contributed by atoms with Crippen LogP contribution in [0.4, 0.5) is 0 Å². The molecule has 0 saturated carbocycles. The molecule has 0 fully saturated rings. The van der Waals surface area contributed by atoms with E-state index in [-0.39, 0.29) is 6.10 Å². The fourth-order valence-electron chi connectivity index (χ4n) is 0.683. The van der Waals surface area contributed by atoms with Crippen LogP contribution in [0.1, 0.15) is 19.8 Å². The number of ether oxygens (including phenoxy) is 1. The highest BCUT2D eigenvalue weighted by molar-refractivity contribution is 5.54. The Labute approximate surface area is 60.4 Å². The first-order valence-corrected chi connectivity index (χ1v) is 3.34. The predicted molar refractivity (Wildman–Crippen MR) is 36.8 cm³/mol. The molecule has 0 spiro atoms. The van der Waals surface area contributed by atoms with Gasteiger partial charge in [0.1, 0.15) is 12.6 Å². The topological polar surface area (TPSA) is 43.4 Å². The van der Waals surface area contributed by atoms with Crippen LogP contribution in [0.25, 0.3) is 0 Å². The summed E-state index contributed by atoms with van der Waals surface area (Å²) in [5, 5.41) is 0. The van der Waals surface area contributed by atoms with Gasteiger partial charge in [-0.3, -0.25) is 0 Å². The second-order valence-electron chi connectivity index (χ2n) is 1.88. The number of rotatable bonds is 6. The van der Waals surface area contributed by atoms with Crippen molar-refractivity contribution in [3.8, 4) is 0 Å². The number of carbonyl (C=O) groups is 2. The third-order valence-corrected chi connectivity index (χ3v) is 1.12. The van der Waals surface area contributed by atoms with Crippen molar-refractivity contribution >= 4 is 12.6 Å².